The van der Waals surface area contributed by atoms with Crippen molar-refractivity contribution in [1.82, 2.24) is 9.97 Å². The van der Waals surface area contributed by atoms with Crippen molar-refractivity contribution in [2.24, 2.45) is 0 Å². The number of sulfonamides is 1. The van der Waals surface area contributed by atoms with E-state index in [1.807, 2.05) is 0 Å². The largest absolute Gasteiger partial charge is 0.493 e. The fourth-order valence-electron chi connectivity index (χ4n) is 2.85. The Bertz CT molecular complexity index is 1120. The number of rotatable bonds is 7. The van der Waals surface area contributed by atoms with E-state index < -0.39 is 15.8 Å². The standard InChI is InChI=1S/C19H20FN3O4S/c1-4-7-28(24,25)23-15-6-5-12(8-14(15)20)19-13-9-17(26-2)18(27-3)10-16(13)21-11-22-19/h5-6,8-11,23H,4,7H2,1-3H3. The Hall–Kier alpha value is -2.94. The first-order chi connectivity index (χ1) is 13.4. The Balaban J connectivity index is 2.06. The fourth-order valence-corrected chi connectivity index (χ4v) is 3.99. The molecule has 0 aliphatic carbocycles. The van der Waals surface area contributed by atoms with Crippen LogP contribution in [-0.4, -0.2) is 38.4 Å². The molecule has 0 fully saturated rings. The van der Waals surface area contributed by atoms with E-state index in [1.54, 1.807) is 25.1 Å². The molecule has 28 heavy (non-hydrogen) atoms. The van der Waals surface area contributed by atoms with Crippen molar-refractivity contribution in [3.63, 3.8) is 0 Å². The number of anilines is 1. The predicted molar refractivity (Wildman–Crippen MR) is 106 cm³/mol. The Kier molecular flexibility index (Phi) is 5.64. The molecular weight excluding hydrogens is 385 g/mol. The molecule has 0 atom stereocenters. The highest BCUT2D eigenvalue weighted by atomic mass is 32.2. The summed E-state index contributed by atoms with van der Waals surface area (Å²) >= 11 is 0. The topological polar surface area (TPSA) is 90.4 Å². The summed E-state index contributed by atoms with van der Waals surface area (Å²) < 4.78 is 51.2. The number of hydrogen-bond donors (Lipinski definition) is 1. The second-order valence-corrected chi connectivity index (χ2v) is 7.90. The van der Waals surface area contributed by atoms with Crippen LogP contribution in [0.15, 0.2) is 36.7 Å². The molecule has 0 bridgehead atoms. The van der Waals surface area contributed by atoms with Crippen molar-refractivity contribution in [3.8, 4) is 22.8 Å². The van der Waals surface area contributed by atoms with Crippen molar-refractivity contribution < 1.29 is 22.3 Å². The minimum Gasteiger partial charge on any atom is -0.493 e. The molecule has 1 heterocycles. The zero-order chi connectivity index (χ0) is 20.3. The van der Waals surface area contributed by atoms with Crippen LogP contribution in [0, 0.1) is 5.82 Å². The van der Waals surface area contributed by atoms with Gasteiger partial charge in [0.05, 0.1) is 36.9 Å². The van der Waals surface area contributed by atoms with Gasteiger partial charge >= 0.3 is 0 Å². The highest BCUT2D eigenvalue weighted by Crippen LogP contribution is 2.35. The Morgan fingerprint density at radius 1 is 1.07 bits per heavy atom. The molecule has 1 aromatic heterocycles. The molecule has 0 aliphatic heterocycles. The first-order valence-corrected chi connectivity index (χ1v) is 10.2. The Morgan fingerprint density at radius 2 is 1.79 bits per heavy atom. The monoisotopic (exact) mass is 405 g/mol. The number of fused-ring (bicyclic) bond motifs is 1. The maximum absolute atomic E-state index is 14.6. The van der Waals surface area contributed by atoms with Gasteiger partial charge in [-0.1, -0.05) is 13.0 Å². The molecule has 0 unspecified atom stereocenters. The first-order valence-electron chi connectivity index (χ1n) is 8.55. The number of nitrogens with zero attached hydrogens (tertiary/aromatic N) is 2. The molecule has 1 N–H and O–H groups in total. The van der Waals surface area contributed by atoms with Crippen molar-refractivity contribution >= 4 is 26.6 Å². The third-order valence-electron chi connectivity index (χ3n) is 4.12. The molecule has 0 saturated heterocycles. The molecule has 0 saturated carbocycles. The van der Waals surface area contributed by atoms with E-state index in [-0.39, 0.29) is 11.4 Å². The lowest BCUT2D eigenvalue weighted by molar-refractivity contribution is 0.356. The van der Waals surface area contributed by atoms with Crippen LogP contribution in [0.25, 0.3) is 22.2 Å². The molecule has 0 radical (unpaired) electrons. The molecule has 3 aromatic rings. The molecule has 148 valence electrons. The summed E-state index contributed by atoms with van der Waals surface area (Å²) in [5.74, 6) is 0.248. The number of hydrogen-bond acceptors (Lipinski definition) is 6. The van der Waals surface area contributed by atoms with E-state index in [4.69, 9.17) is 9.47 Å². The van der Waals surface area contributed by atoms with E-state index in [9.17, 15) is 12.8 Å². The maximum atomic E-state index is 14.6. The lowest BCUT2D eigenvalue weighted by atomic mass is 10.1. The van der Waals surface area contributed by atoms with Crippen LogP contribution in [0.3, 0.4) is 0 Å². The third-order valence-corrected chi connectivity index (χ3v) is 5.60. The quantitative estimate of drug-likeness (QED) is 0.646. The summed E-state index contributed by atoms with van der Waals surface area (Å²) in [5, 5.41) is 0.652. The summed E-state index contributed by atoms with van der Waals surface area (Å²) in [5.41, 5.74) is 1.48. The lowest BCUT2D eigenvalue weighted by Gasteiger charge is -2.12. The van der Waals surface area contributed by atoms with Crippen LogP contribution in [0.2, 0.25) is 0 Å². The van der Waals surface area contributed by atoms with Gasteiger partial charge in [-0.3, -0.25) is 4.72 Å². The van der Waals surface area contributed by atoms with E-state index in [0.29, 0.717) is 40.1 Å². The van der Waals surface area contributed by atoms with E-state index in [1.165, 1.54) is 32.7 Å². The number of benzene rings is 2. The van der Waals surface area contributed by atoms with Crippen molar-refractivity contribution in [2.75, 3.05) is 24.7 Å². The van der Waals surface area contributed by atoms with Gasteiger partial charge in [-0.15, -0.1) is 0 Å². The maximum Gasteiger partial charge on any atom is 0.232 e. The van der Waals surface area contributed by atoms with Gasteiger partial charge in [0.1, 0.15) is 12.1 Å². The average molecular weight is 405 g/mol. The molecule has 0 spiro atoms. The van der Waals surface area contributed by atoms with Gasteiger partial charge in [-0.05, 0) is 24.6 Å². The van der Waals surface area contributed by atoms with Crippen LogP contribution in [0.5, 0.6) is 11.5 Å². The molecule has 3 rings (SSSR count). The number of methoxy groups -OCH3 is 2. The van der Waals surface area contributed by atoms with Crippen molar-refractivity contribution in [1.29, 1.82) is 0 Å². The van der Waals surface area contributed by atoms with Gasteiger partial charge in [-0.25, -0.2) is 22.8 Å². The normalized spacial score (nSPS) is 11.4. The minimum absolute atomic E-state index is 0.0770. The van der Waals surface area contributed by atoms with Crippen LogP contribution in [0.4, 0.5) is 10.1 Å². The summed E-state index contributed by atoms with van der Waals surface area (Å²) in [4.78, 5) is 8.50. The van der Waals surface area contributed by atoms with Crippen LogP contribution < -0.4 is 14.2 Å². The van der Waals surface area contributed by atoms with Gasteiger partial charge in [0.15, 0.2) is 11.5 Å². The van der Waals surface area contributed by atoms with Crippen molar-refractivity contribution in [2.45, 2.75) is 13.3 Å². The van der Waals surface area contributed by atoms with Gasteiger partial charge in [0.25, 0.3) is 0 Å². The summed E-state index contributed by atoms with van der Waals surface area (Å²) in [6.45, 7) is 1.74. The number of halogens is 1. The van der Waals surface area contributed by atoms with Crippen LogP contribution in [-0.2, 0) is 10.0 Å². The van der Waals surface area contributed by atoms with Crippen molar-refractivity contribution in [3.05, 3.63) is 42.5 Å². The second-order valence-electron chi connectivity index (χ2n) is 6.06. The number of nitrogens with one attached hydrogen (secondary N) is 1. The average Bonchev–Trinajstić information content (AvgIpc) is 2.67. The summed E-state index contributed by atoms with van der Waals surface area (Å²) in [6.07, 6.45) is 1.81. The predicted octanol–water partition coefficient (Wildman–Crippen LogP) is 3.60. The van der Waals surface area contributed by atoms with E-state index >= 15 is 0 Å². The van der Waals surface area contributed by atoms with E-state index in [0.717, 1.165) is 0 Å². The van der Waals surface area contributed by atoms with Gasteiger partial charge < -0.3 is 9.47 Å². The molecule has 9 heteroatoms. The second kappa shape index (κ2) is 7.97. The van der Waals surface area contributed by atoms with Gasteiger partial charge in [0, 0.05) is 17.0 Å². The smallest absolute Gasteiger partial charge is 0.232 e. The molecular formula is C19H20FN3O4S. The Morgan fingerprint density at radius 3 is 2.43 bits per heavy atom. The highest BCUT2D eigenvalue weighted by Gasteiger charge is 2.16. The SMILES string of the molecule is CCCS(=O)(=O)Nc1ccc(-c2ncnc3cc(OC)c(OC)cc23)cc1F. The lowest BCUT2D eigenvalue weighted by Crippen LogP contribution is -2.16. The van der Waals surface area contributed by atoms with Crippen LogP contribution >= 0.6 is 0 Å². The van der Waals surface area contributed by atoms with E-state index in [2.05, 4.69) is 14.7 Å². The first kappa shape index (κ1) is 19.8. The number of aromatic nitrogens is 2. The zero-order valence-corrected chi connectivity index (χ0v) is 16.5. The molecule has 0 amide bonds. The molecule has 2 aromatic carbocycles. The summed E-state index contributed by atoms with van der Waals surface area (Å²) in [7, 11) is -0.537. The number of ether oxygens (including phenoxy) is 2. The molecule has 0 aliphatic rings. The van der Waals surface area contributed by atoms with Gasteiger partial charge in [-0.2, -0.15) is 0 Å². The fraction of sp³-hybridized carbons (Fsp3) is 0.263. The Labute approximate surface area is 162 Å². The third kappa shape index (κ3) is 3.99. The molecule has 7 nitrogen and oxygen atoms in total. The zero-order valence-electron chi connectivity index (χ0n) is 15.7. The summed E-state index contributed by atoms with van der Waals surface area (Å²) in [6, 6.07) is 7.66. The minimum atomic E-state index is -3.58. The van der Waals surface area contributed by atoms with Gasteiger partial charge in [0.2, 0.25) is 10.0 Å². The highest BCUT2D eigenvalue weighted by molar-refractivity contribution is 7.92. The van der Waals surface area contributed by atoms with Crippen LogP contribution in [0.1, 0.15) is 13.3 Å².